The number of aromatic nitrogens is 1. The number of fused-ring (bicyclic) bond motifs is 1. The van der Waals surface area contributed by atoms with Gasteiger partial charge in [0.25, 0.3) is 0 Å². The molecule has 5 heteroatoms. The molecular weight excluding hydrogens is 292 g/mol. The molecule has 0 saturated heterocycles. The standard InChI is InChI=1S/C15H13NO3.C3H9N/c17-14(10-4-2-1-3-5-10)13-7-6-12-11(15(18)19)8-9-16(12)13;1-3(2)4/h1-7,11H,8-9H2,(H,18,19);3H,4H2,1-2H3. The number of aliphatic carboxylic acids is 1. The summed E-state index contributed by atoms with van der Waals surface area (Å²) in [4.78, 5) is 23.4. The third-order valence-electron chi connectivity index (χ3n) is 3.57. The van der Waals surface area contributed by atoms with Gasteiger partial charge in [0.1, 0.15) is 0 Å². The molecule has 1 aromatic carbocycles. The Hall–Kier alpha value is -2.40. The molecule has 1 unspecified atom stereocenters. The monoisotopic (exact) mass is 314 g/mol. The highest BCUT2D eigenvalue weighted by Crippen LogP contribution is 2.30. The maximum absolute atomic E-state index is 12.4. The Morgan fingerprint density at radius 2 is 1.78 bits per heavy atom. The minimum atomic E-state index is -1.07. The van der Waals surface area contributed by atoms with E-state index in [4.69, 9.17) is 0 Å². The van der Waals surface area contributed by atoms with Gasteiger partial charge < -0.3 is 20.2 Å². The van der Waals surface area contributed by atoms with E-state index in [0.717, 1.165) is 0 Å². The fourth-order valence-electron chi connectivity index (χ4n) is 2.62. The Bertz CT molecular complexity index is 687. The smallest absolute Gasteiger partial charge is 0.209 e. The van der Waals surface area contributed by atoms with Crippen LogP contribution in [0.3, 0.4) is 0 Å². The van der Waals surface area contributed by atoms with Gasteiger partial charge in [0.05, 0.1) is 17.7 Å². The zero-order valence-electron chi connectivity index (χ0n) is 13.5. The minimum absolute atomic E-state index is 0.0779. The van der Waals surface area contributed by atoms with Crippen LogP contribution >= 0.6 is 0 Å². The summed E-state index contributed by atoms with van der Waals surface area (Å²) in [7, 11) is 0. The van der Waals surface area contributed by atoms with E-state index < -0.39 is 11.9 Å². The Balaban J connectivity index is 0.000000433. The lowest BCUT2D eigenvalue weighted by Gasteiger charge is -2.09. The summed E-state index contributed by atoms with van der Waals surface area (Å²) in [6, 6.07) is 13.0. The lowest BCUT2D eigenvalue weighted by molar-refractivity contribution is -0.407. The number of carbonyl (C=O) groups excluding carboxylic acids is 2. The Morgan fingerprint density at radius 3 is 2.35 bits per heavy atom. The first-order chi connectivity index (χ1) is 10.9. The van der Waals surface area contributed by atoms with E-state index >= 15 is 0 Å². The average molecular weight is 314 g/mol. The summed E-state index contributed by atoms with van der Waals surface area (Å²) in [6.45, 7) is 4.66. The zero-order valence-corrected chi connectivity index (χ0v) is 13.5. The second-order valence-corrected chi connectivity index (χ2v) is 6.04. The van der Waals surface area contributed by atoms with Crippen LogP contribution < -0.4 is 10.8 Å². The van der Waals surface area contributed by atoms with Crippen LogP contribution in [0.4, 0.5) is 0 Å². The number of rotatable bonds is 3. The fourth-order valence-corrected chi connectivity index (χ4v) is 2.62. The number of carboxylic acid groups (broad SMARTS) is 1. The third kappa shape index (κ3) is 3.87. The van der Waals surface area contributed by atoms with Crippen molar-refractivity contribution < 1.29 is 20.4 Å². The van der Waals surface area contributed by atoms with Gasteiger partial charge >= 0.3 is 0 Å². The molecule has 0 spiro atoms. The predicted octanol–water partition coefficient (Wildman–Crippen LogP) is 0.593. The van der Waals surface area contributed by atoms with E-state index in [0.29, 0.717) is 36.0 Å². The molecule has 2 aromatic rings. The van der Waals surface area contributed by atoms with Crippen molar-refractivity contribution >= 4 is 11.8 Å². The van der Waals surface area contributed by atoms with Crippen LogP contribution in [-0.4, -0.2) is 22.4 Å². The van der Waals surface area contributed by atoms with Crippen LogP contribution in [0.15, 0.2) is 42.5 Å². The van der Waals surface area contributed by atoms with Crippen molar-refractivity contribution in [3.8, 4) is 0 Å². The number of nitrogens with zero attached hydrogens (tertiary/aromatic N) is 1. The third-order valence-corrected chi connectivity index (χ3v) is 3.57. The van der Waals surface area contributed by atoms with E-state index in [1.807, 2.05) is 18.2 Å². The van der Waals surface area contributed by atoms with Gasteiger partial charge in [0.15, 0.2) is 0 Å². The lowest BCUT2D eigenvalue weighted by atomic mass is 10.1. The summed E-state index contributed by atoms with van der Waals surface area (Å²) < 4.78 is 1.79. The molecule has 0 radical (unpaired) electrons. The van der Waals surface area contributed by atoms with Gasteiger partial charge in [-0.25, -0.2) is 0 Å². The van der Waals surface area contributed by atoms with E-state index in [2.05, 4.69) is 19.6 Å². The molecule has 3 rings (SSSR count). The zero-order chi connectivity index (χ0) is 17.0. The summed E-state index contributed by atoms with van der Waals surface area (Å²) in [5.74, 6) is -1.75. The molecule has 0 bridgehead atoms. The molecule has 0 amide bonds. The SMILES string of the molecule is CC(C)[NH3+].O=C(c1ccccc1)c1ccc2n1CCC2C(=O)[O-]. The molecule has 0 aliphatic carbocycles. The van der Waals surface area contributed by atoms with Gasteiger partial charge in [-0.1, -0.05) is 30.3 Å². The molecule has 5 nitrogen and oxygen atoms in total. The van der Waals surface area contributed by atoms with Crippen LogP contribution in [0.5, 0.6) is 0 Å². The van der Waals surface area contributed by atoms with Crippen molar-refractivity contribution in [2.75, 3.05) is 0 Å². The molecule has 2 heterocycles. The van der Waals surface area contributed by atoms with Gasteiger partial charge in [-0.15, -0.1) is 0 Å². The maximum Gasteiger partial charge on any atom is 0.209 e. The Kier molecular flexibility index (Phi) is 5.34. The summed E-state index contributed by atoms with van der Waals surface area (Å²) in [6.07, 6.45) is 0.494. The first-order valence-electron chi connectivity index (χ1n) is 7.75. The van der Waals surface area contributed by atoms with Gasteiger partial charge in [0.2, 0.25) is 5.78 Å². The van der Waals surface area contributed by atoms with Crippen LogP contribution in [0.25, 0.3) is 0 Å². The molecule has 1 aliphatic heterocycles. The largest absolute Gasteiger partial charge is 0.549 e. The average Bonchev–Trinajstić information content (AvgIpc) is 3.08. The van der Waals surface area contributed by atoms with E-state index in [1.54, 1.807) is 28.8 Å². The molecule has 1 aliphatic rings. The summed E-state index contributed by atoms with van der Waals surface area (Å²) in [5.41, 5.74) is 5.46. The van der Waals surface area contributed by atoms with Crippen molar-refractivity contribution in [3.05, 3.63) is 59.4 Å². The molecule has 23 heavy (non-hydrogen) atoms. The van der Waals surface area contributed by atoms with Crippen LogP contribution in [0, 0.1) is 0 Å². The van der Waals surface area contributed by atoms with E-state index in [9.17, 15) is 14.7 Å². The number of carboxylic acids is 1. The quantitative estimate of drug-likeness (QED) is 0.841. The van der Waals surface area contributed by atoms with Gasteiger partial charge in [-0.05, 0) is 32.4 Å². The second kappa shape index (κ2) is 7.24. The normalized spacial score (nSPS) is 15.7. The summed E-state index contributed by atoms with van der Waals surface area (Å²) in [5, 5.41) is 11.0. The van der Waals surface area contributed by atoms with Crippen LogP contribution in [0.1, 0.15) is 47.9 Å². The number of quaternary nitrogens is 1. The predicted molar refractivity (Wildman–Crippen MR) is 84.7 cm³/mol. The van der Waals surface area contributed by atoms with Crippen molar-refractivity contribution in [2.24, 2.45) is 0 Å². The van der Waals surface area contributed by atoms with Crippen molar-refractivity contribution in [1.82, 2.24) is 4.57 Å². The molecule has 3 N–H and O–H groups in total. The highest BCUT2D eigenvalue weighted by Gasteiger charge is 2.27. The van der Waals surface area contributed by atoms with E-state index in [-0.39, 0.29) is 5.78 Å². The number of carbonyl (C=O) groups is 2. The highest BCUT2D eigenvalue weighted by molar-refractivity contribution is 6.08. The Morgan fingerprint density at radius 1 is 1.17 bits per heavy atom. The fraction of sp³-hybridized carbons (Fsp3) is 0.333. The molecule has 0 fully saturated rings. The number of hydrogen-bond donors (Lipinski definition) is 1. The molecule has 122 valence electrons. The number of ketones is 1. The van der Waals surface area contributed by atoms with Crippen molar-refractivity contribution in [2.45, 2.75) is 38.8 Å². The maximum atomic E-state index is 12.4. The Labute approximate surface area is 135 Å². The van der Waals surface area contributed by atoms with Crippen LogP contribution in [0.2, 0.25) is 0 Å². The molecule has 0 saturated carbocycles. The molecular formula is C18H22N2O3. The van der Waals surface area contributed by atoms with Gasteiger partial charge in [-0.2, -0.15) is 0 Å². The first-order valence-corrected chi connectivity index (χ1v) is 7.75. The van der Waals surface area contributed by atoms with E-state index in [1.165, 1.54) is 0 Å². The lowest BCUT2D eigenvalue weighted by Crippen LogP contribution is -2.57. The molecule has 1 atom stereocenters. The van der Waals surface area contributed by atoms with Crippen LogP contribution in [-0.2, 0) is 11.3 Å². The number of hydrogen-bond acceptors (Lipinski definition) is 3. The highest BCUT2D eigenvalue weighted by atomic mass is 16.4. The second-order valence-electron chi connectivity index (χ2n) is 6.04. The summed E-state index contributed by atoms with van der Waals surface area (Å²) >= 11 is 0. The van der Waals surface area contributed by atoms with Gasteiger partial charge in [-0.3, -0.25) is 4.79 Å². The first kappa shape index (κ1) is 17.0. The minimum Gasteiger partial charge on any atom is -0.549 e. The van der Waals surface area contributed by atoms with Gasteiger partial charge in [0, 0.05) is 23.7 Å². The van der Waals surface area contributed by atoms with Crippen molar-refractivity contribution in [1.29, 1.82) is 0 Å². The van der Waals surface area contributed by atoms with Crippen molar-refractivity contribution in [3.63, 3.8) is 0 Å². The molecule has 1 aromatic heterocycles. The topological polar surface area (TPSA) is 89.8 Å². The number of benzene rings is 1.